The van der Waals surface area contributed by atoms with Crippen LogP contribution in [0.1, 0.15) is 35.8 Å². The van der Waals surface area contributed by atoms with Gasteiger partial charge in [-0.1, -0.05) is 24.2 Å². The van der Waals surface area contributed by atoms with E-state index in [2.05, 4.69) is 10.1 Å². The summed E-state index contributed by atoms with van der Waals surface area (Å²) in [6.45, 7) is 1.83. The van der Waals surface area contributed by atoms with Crippen molar-refractivity contribution >= 4 is 0 Å². The van der Waals surface area contributed by atoms with Gasteiger partial charge in [0.05, 0.1) is 11.6 Å². The highest BCUT2D eigenvalue weighted by atomic mass is 19.4. The summed E-state index contributed by atoms with van der Waals surface area (Å²) in [5, 5.41) is 3.66. The van der Waals surface area contributed by atoms with Gasteiger partial charge in [0, 0.05) is 6.42 Å². The van der Waals surface area contributed by atoms with Gasteiger partial charge in [0.2, 0.25) is 5.89 Å². The Morgan fingerprint density at radius 3 is 2.68 bits per heavy atom. The van der Waals surface area contributed by atoms with Crippen LogP contribution >= 0.6 is 0 Å². The molecule has 1 heterocycles. The molecule has 0 fully saturated rings. The van der Waals surface area contributed by atoms with Crippen LogP contribution in [0.25, 0.3) is 0 Å². The molecule has 0 aliphatic heterocycles. The van der Waals surface area contributed by atoms with Crippen molar-refractivity contribution in [3.05, 3.63) is 47.1 Å². The van der Waals surface area contributed by atoms with Crippen molar-refractivity contribution < 1.29 is 17.7 Å². The van der Waals surface area contributed by atoms with Gasteiger partial charge in [0.15, 0.2) is 5.82 Å². The second-order valence-corrected chi connectivity index (χ2v) is 4.00. The van der Waals surface area contributed by atoms with Crippen molar-refractivity contribution in [2.75, 3.05) is 0 Å². The Kier molecular flexibility index (Phi) is 3.57. The third kappa shape index (κ3) is 2.93. The van der Waals surface area contributed by atoms with Crippen molar-refractivity contribution in [1.29, 1.82) is 0 Å². The summed E-state index contributed by atoms with van der Waals surface area (Å²) in [6, 6.07) is 3.95. The van der Waals surface area contributed by atoms with Crippen LogP contribution in [0.3, 0.4) is 0 Å². The van der Waals surface area contributed by atoms with Gasteiger partial charge < -0.3 is 10.3 Å². The lowest BCUT2D eigenvalue weighted by Crippen LogP contribution is -2.15. The number of halogens is 3. The molecule has 0 radical (unpaired) electrons. The average molecular weight is 271 g/mol. The molecule has 4 nitrogen and oxygen atoms in total. The smallest absolute Gasteiger partial charge is 0.339 e. The molecule has 0 spiro atoms. The van der Waals surface area contributed by atoms with Crippen LogP contribution in [0.5, 0.6) is 0 Å². The van der Waals surface area contributed by atoms with Crippen molar-refractivity contribution in [1.82, 2.24) is 10.1 Å². The number of alkyl halides is 3. The molecule has 1 unspecified atom stereocenters. The third-order valence-corrected chi connectivity index (χ3v) is 2.64. The maximum absolute atomic E-state index is 12.6. The first-order valence-electron chi connectivity index (χ1n) is 5.67. The van der Waals surface area contributed by atoms with Crippen LogP contribution in [0.15, 0.2) is 28.8 Å². The Balaban J connectivity index is 2.31. The highest BCUT2D eigenvalue weighted by Gasteiger charge is 2.31. The number of aromatic nitrogens is 2. The van der Waals surface area contributed by atoms with Crippen LogP contribution in [0.4, 0.5) is 13.2 Å². The van der Waals surface area contributed by atoms with E-state index in [1.54, 1.807) is 0 Å². The summed E-state index contributed by atoms with van der Waals surface area (Å²) in [5.74, 6) is 0.577. The first-order chi connectivity index (χ1) is 8.91. The van der Waals surface area contributed by atoms with Crippen LogP contribution in [0.2, 0.25) is 0 Å². The van der Waals surface area contributed by atoms with Gasteiger partial charge >= 0.3 is 6.18 Å². The predicted molar refractivity (Wildman–Crippen MR) is 61.2 cm³/mol. The number of hydrogen-bond donors (Lipinski definition) is 1. The topological polar surface area (TPSA) is 64.9 Å². The van der Waals surface area contributed by atoms with Crippen LogP contribution in [0, 0.1) is 0 Å². The molecule has 0 saturated carbocycles. The summed E-state index contributed by atoms with van der Waals surface area (Å²) in [7, 11) is 0. The second kappa shape index (κ2) is 5.00. The number of hydrogen-bond acceptors (Lipinski definition) is 4. The molecule has 2 rings (SSSR count). The predicted octanol–water partition coefficient (Wildman–Crippen LogP) is 2.70. The summed E-state index contributed by atoms with van der Waals surface area (Å²) in [5.41, 5.74) is 5.38. The van der Waals surface area contributed by atoms with E-state index < -0.39 is 17.8 Å². The molecule has 7 heteroatoms. The molecule has 1 aromatic heterocycles. The lowest BCUT2D eigenvalue weighted by molar-refractivity contribution is -0.137. The van der Waals surface area contributed by atoms with Crippen LogP contribution < -0.4 is 5.73 Å². The lowest BCUT2D eigenvalue weighted by Gasteiger charge is -2.11. The summed E-state index contributed by atoms with van der Waals surface area (Å²) in [6.07, 6.45) is -3.86. The van der Waals surface area contributed by atoms with E-state index in [0.717, 1.165) is 12.1 Å². The number of benzene rings is 1. The highest BCUT2D eigenvalue weighted by molar-refractivity contribution is 5.30. The van der Waals surface area contributed by atoms with E-state index >= 15 is 0 Å². The van der Waals surface area contributed by atoms with Crippen molar-refractivity contribution in [3.63, 3.8) is 0 Å². The Morgan fingerprint density at radius 2 is 2.11 bits per heavy atom. The number of nitrogens with zero attached hydrogens (tertiary/aromatic N) is 2. The lowest BCUT2D eigenvalue weighted by atomic mass is 10.0. The Hall–Kier alpha value is -1.89. The molecule has 0 bridgehead atoms. The van der Waals surface area contributed by atoms with Gasteiger partial charge in [-0.2, -0.15) is 18.2 Å². The standard InChI is InChI=1S/C12H12F3N3O/c1-2-9-17-11(18-19-9)10(16)7-4-3-5-8(6-7)12(13,14)15/h3-6,10H,2,16H2,1H3. The van der Waals surface area contributed by atoms with E-state index in [1.165, 1.54) is 12.1 Å². The zero-order valence-electron chi connectivity index (χ0n) is 10.1. The zero-order valence-corrected chi connectivity index (χ0v) is 10.1. The molecular weight excluding hydrogens is 259 g/mol. The molecule has 2 aromatic rings. The van der Waals surface area contributed by atoms with E-state index in [1.807, 2.05) is 6.92 Å². The molecular formula is C12H12F3N3O. The van der Waals surface area contributed by atoms with Crippen LogP contribution in [-0.2, 0) is 12.6 Å². The molecule has 102 valence electrons. The van der Waals surface area contributed by atoms with E-state index in [-0.39, 0.29) is 5.82 Å². The Labute approximate surface area is 107 Å². The van der Waals surface area contributed by atoms with Gasteiger partial charge in [-0.05, 0) is 17.7 Å². The summed E-state index contributed by atoms with van der Waals surface area (Å²) >= 11 is 0. The van der Waals surface area contributed by atoms with E-state index in [9.17, 15) is 13.2 Å². The first kappa shape index (κ1) is 13.5. The zero-order chi connectivity index (χ0) is 14.0. The molecule has 1 atom stereocenters. The van der Waals surface area contributed by atoms with Gasteiger partial charge in [0.25, 0.3) is 0 Å². The van der Waals surface area contributed by atoms with E-state index in [0.29, 0.717) is 17.9 Å². The fourth-order valence-corrected chi connectivity index (χ4v) is 1.60. The number of rotatable bonds is 3. The molecule has 0 saturated heterocycles. The highest BCUT2D eigenvalue weighted by Crippen LogP contribution is 2.31. The summed E-state index contributed by atoms with van der Waals surface area (Å²) in [4.78, 5) is 4.01. The minimum atomic E-state index is -4.40. The molecule has 2 N–H and O–H groups in total. The molecule has 1 aromatic carbocycles. The van der Waals surface area contributed by atoms with Gasteiger partial charge in [-0.15, -0.1) is 0 Å². The number of aryl methyl sites for hydroxylation is 1. The number of nitrogens with two attached hydrogens (primary N) is 1. The van der Waals surface area contributed by atoms with Crippen molar-refractivity contribution in [2.45, 2.75) is 25.6 Å². The Bertz CT molecular complexity index is 565. The van der Waals surface area contributed by atoms with Gasteiger partial charge in [-0.3, -0.25) is 0 Å². The quantitative estimate of drug-likeness (QED) is 0.932. The van der Waals surface area contributed by atoms with E-state index in [4.69, 9.17) is 10.3 Å². The van der Waals surface area contributed by atoms with Gasteiger partial charge in [-0.25, -0.2) is 0 Å². The monoisotopic (exact) mass is 271 g/mol. The fourth-order valence-electron chi connectivity index (χ4n) is 1.60. The molecule has 0 amide bonds. The maximum Gasteiger partial charge on any atom is 0.416 e. The summed E-state index contributed by atoms with van der Waals surface area (Å²) < 4.78 is 42.7. The minimum Gasteiger partial charge on any atom is -0.339 e. The van der Waals surface area contributed by atoms with Gasteiger partial charge in [0.1, 0.15) is 0 Å². The van der Waals surface area contributed by atoms with Crippen molar-refractivity contribution in [3.8, 4) is 0 Å². The maximum atomic E-state index is 12.6. The average Bonchev–Trinajstić information content (AvgIpc) is 2.86. The van der Waals surface area contributed by atoms with Crippen molar-refractivity contribution in [2.24, 2.45) is 5.73 Å². The second-order valence-electron chi connectivity index (χ2n) is 4.00. The molecule has 0 aliphatic carbocycles. The van der Waals surface area contributed by atoms with Crippen LogP contribution in [-0.4, -0.2) is 10.1 Å². The normalized spacial score (nSPS) is 13.5. The fraction of sp³-hybridized carbons (Fsp3) is 0.333. The first-order valence-corrected chi connectivity index (χ1v) is 5.67. The molecule has 0 aliphatic rings. The third-order valence-electron chi connectivity index (χ3n) is 2.64. The largest absolute Gasteiger partial charge is 0.416 e. The minimum absolute atomic E-state index is 0.177. The SMILES string of the molecule is CCc1nc(C(N)c2cccc(C(F)(F)F)c2)no1. The molecule has 19 heavy (non-hydrogen) atoms. The Morgan fingerprint density at radius 1 is 1.37 bits per heavy atom.